The number of anilines is 2. The molecule has 5 N–H and O–H groups in total. The monoisotopic (exact) mass is 307 g/mol. The first-order valence-electron chi connectivity index (χ1n) is 6.51. The molecule has 0 atom stereocenters. The molecule has 114 valence electrons. The largest absolute Gasteiger partial charge is 0.382 e. The van der Waals surface area contributed by atoms with Crippen molar-refractivity contribution in [3.8, 4) is 6.07 Å². The van der Waals surface area contributed by atoms with Crippen molar-refractivity contribution < 1.29 is 4.79 Å². The SMILES string of the molecule is N#C/C(=N\Nc1cccc(NC(=O)c2ccccn2)c1)C(=N)N. The highest BCUT2D eigenvalue weighted by atomic mass is 16.1. The predicted molar refractivity (Wildman–Crippen MR) is 87.2 cm³/mol. The summed E-state index contributed by atoms with van der Waals surface area (Å²) in [6.45, 7) is 0. The van der Waals surface area contributed by atoms with Crippen molar-refractivity contribution in [3.05, 3.63) is 54.4 Å². The van der Waals surface area contributed by atoms with Crippen molar-refractivity contribution in [2.45, 2.75) is 0 Å². The Labute approximate surface area is 132 Å². The fraction of sp³-hybridized carbons (Fsp3) is 0. The number of pyridine rings is 1. The van der Waals surface area contributed by atoms with Gasteiger partial charge in [0.1, 0.15) is 11.8 Å². The topological polar surface area (TPSA) is 140 Å². The van der Waals surface area contributed by atoms with Gasteiger partial charge in [-0.05, 0) is 30.3 Å². The molecule has 2 aromatic rings. The van der Waals surface area contributed by atoms with Gasteiger partial charge in [-0.1, -0.05) is 12.1 Å². The Morgan fingerprint density at radius 1 is 1.26 bits per heavy atom. The molecule has 0 aliphatic rings. The molecular formula is C15H13N7O. The fourth-order valence-electron chi connectivity index (χ4n) is 1.62. The van der Waals surface area contributed by atoms with Crippen molar-refractivity contribution in [3.63, 3.8) is 0 Å². The van der Waals surface area contributed by atoms with Crippen LogP contribution < -0.4 is 16.5 Å². The minimum Gasteiger partial charge on any atom is -0.382 e. The Morgan fingerprint density at radius 2 is 2.04 bits per heavy atom. The van der Waals surface area contributed by atoms with Gasteiger partial charge < -0.3 is 11.1 Å². The summed E-state index contributed by atoms with van der Waals surface area (Å²) in [5, 5.41) is 22.4. The Hall–Kier alpha value is -3.73. The first kappa shape index (κ1) is 15.7. The average molecular weight is 307 g/mol. The zero-order chi connectivity index (χ0) is 16.7. The van der Waals surface area contributed by atoms with Gasteiger partial charge in [-0.2, -0.15) is 10.4 Å². The highest BCUT2D eigenvalue weighted by Crippen LogP contribution is 2.15. The van der Waals surface area contributed by atoms with Crippen LogP contribution in [0.1, 0.15) is 10.5 Å². The number of amides is 1. The van der Waals surface area contributed by atoms with Crippen LogP contribution in [-0.2, 0) is 0 Å². The third kappa shape index (κ3) is 4.37. The normalized spacial score (nSPS) is 10.5. The number of hydrazone groups is 1. The Balaban J connectivity index is 2.10. The summed E-state index contributed by atoms with van der Waals surface area (Å²) in [5.74, 6) is -0.771. The lowest BCUT2D eigenvalue weighted by Gasteiger charge is -2.07. The number of carbonyl (C=O) groups excluding carboxylic acids is 1. The molecule has 0 bridgehead atoms. The number of hydrogen-bond donors (Lipinski definition) is 4. The van der Waals surface area contributed by atoms with Crippen molar-refractivity contribution in [1.29, 1.82) is 10.7 Å². The molecule has 0 spiro atoms. The second-order valence-electron chi connectivity index (χ2n) is 4.35. The number of carbonyl (C=O) groups is 1. The van der Waals surface area contributed by atoms with Gasteiger partial charge >= 0.3 is 0 Å². The standard InChI is InChI=1S/C15H13N7O/c16-9-13(14(17)18)22-21-11-5-3-4-10(8-11)20-15(23)12-6-1-2-7-19-12/h1-8,21H,(H3,17,18)(H,20,23)/b22-13+. The fourth-order valence-corrected chi connectivity index (χ4v) is 1.62. The molecule has 2 rings (SSSR count). The zero-order valence-electron chi connectivity index (χ0n) is 11.9. The lowest BCUT2D eigenvalue weighted by Crippen LogP contribution is -2.21. The molecule has 0 fully saturated rings. The second-order valence-corrected chi connectivity index (χ2v) is 4.35. The van der Waals surface area contributed by atoms with Crippen LogP contribution in [0.25, 0.3) is 0 Å². The van der Waals surface area contributed by atoms with Crippen LogP contribution in [0.3, 0.4) is 0 Å². The molecule has 1 heterocycles. The quantitative estimate of drug-likeness (QED) is 0.377. The maximum Gasteiger partial charge on any atom is 0.274 e. The molecule has 0 unspecified atom stereocenters. The van der Waals surface area contributed by atoms with E-state index in [9.17, 15) is 4.79 Å². The van der Waals surface area contributed by atoms with Gasteiger partial charge in [0.2, 0.25) is 5.71 Å². The van der Waals surface area contributed by atoms with Crippen molar-refractivity contribution in [2.24, 2.45) is 10.8 Å². The van der Waals surface area contributed by atoms with Crippen LogP contribution in [0.2, 0.25) is 0 Å². The van der Waals surface area contributed by atoms with Crippen LogP contribution in [-0.4, -0.2) is 22.4 Å². The molecule has 0 radical (unpaired) electrons. The van der Waals surface area contributed by atoms with E-state index in [2.05, 4.69) is 20.8 Å². The molecule has 8 heteroatoms. The second kappa shape index (κ2) is 7.33. The van der Waals surface area contributed by atoms with Gasteiger partial charge in [0, 0.05) is 11.9 Å². The van der Waals surface area contributed by atoms with E-state index in [0.717, 1.165) is 0 Å². The number of nitrogens with one attached hydrogen (secondary N) is 3. The van der Waals surface area contributed by atoms with Crippen molar-refractivity contribution >= 4 is 28.8 Å². The van der Waals surface area contributed by atoms with Crippen molar-refractivity contribution in [1.82, 2.24) is 4.98 Å². The summed E-state index contributed by atoms with van der Waals surface area (Å²) in [6.07, 6.45) is 1.53. The van der Waals surface area contributed by atoms with Crippen LogP contribution in [0, 0.1) is 16.7 Å². The van der Waals surface area contributed by atoms with Gasteiger partial charge in [0.15, 0.2) is 5.84 Å². The Bertz CT molecular complexity index is 793. The van der Waals surface area contributed by atoms with Gasteiger partial charge in [0.25, 0.3) is 5.91 Å². The van der Waals surface area contributed by atoms with E-state index in [1.165, 1.54) is 6.20 Å². The number of rotatable bonds is 5. The number of nitrogens with zero attached hydrogens (tertiary/aromatic N) is 3. The van der Waals surface area contributed by atoms with Crippen LogP contribution >= 0.6 is 0 Å². The summed E-state index contributed by atoms with van der Waals surface area (Å²) >= 11 is 0. The third-order valence-electron chi connectivity index (χ3n) is 2.68. The molecule has 23 heavy (non-hydrogen) atoms. The first-order valence-corrected chi connectivity index (χ1v) is 6.51. The molecule has 1 amide bonds. The highest BCUT2D eigenvalue weighted by Gasteiger charge is 2.07. The Kier molecular flexibility index (Phi) is 4.99. The van der Waals surface area contributed by atoms with Gasteiger partial charge in [-0.25, -0.2) is 0 Å². The van der Waals surface area contributed by atoms with Crippen molar-refractivity contribution in [2.75, 3.05) is 10.7 Å². The molecule has 0 aliphatic heterocycles. The maximum atomic E-state index is 12.0. The summed E-state index contributed by atoms with van der Waals surface area (Å²) in [5.41, 5.74) is 8.93. The maximum absolute atomic E-state index is 12.0. The van der Waals surface area contributed by atoms with E-state index >= 15 is 0 Å². The van der Waals surface area contributed by atoms with E-state index in [0.29, 0.717) is 17.1 Å². The summed E-state index contributed by atoms with van der Waals surface area (Å²) in [4.78, 5) is 16.0. The van der Waals surface area contributed by atoms with Crippen LogP contribution in [0.5, 0.6) is 0 Å². The molecule has 1 aromatic heterocycles. The summed E-state index contributed by atoms with van der Waals surface area (Å²) in [7, 11) is 0. The predicted octanol–water partition coefficient (Wildman–Crippen LogP) is 1.56. The number of aromatic nitrogens is 1. The molecule has 8 nitrogen and oxygen atoms in total. The van der Waals surface area contributed by atoms with E-state index in [4.69, 9.17) is 16.4 Å². The summed E-state index contributed by atoms with van der Waals surface area (Å²) < 4.78 is 0. The van der Waals surface area contributed by atoms with E-state index in [-0.39, 0.29) is 11.6 Å². The highest BCUT2D eigenvalue weighted by molar-refractivity contribution is 6.45. The van der Waals surface area contributed by atoms with Crippen LogP contribution in [0.15, 0.2) is 53.8 Å². The average Bonchev–Trinajstić information content (AvgIpc) is 2.56. The minimum atomic E-state index is -0.431. The summed E-state index contributed by atoms with van der Waals surface area (Å²) in [6, 6.07) is 13.5. The van der Waals surface area contributed by atoms with Crippen LogP contribution in [0.4, 0.5) is 11.4 Å². The molecule has 0 saturated heterocycles. The molecule has 1 aromatic carbocycles. The number of nitrogens with two attached hydrogens (primary N) is 1. The number of hydrogen-bond acceptors (Lipinski definition) is 6. The molecular weight excluding hydrogens is 294 g/mol. The van der Waals surface area contributed by atoms with Gasteiger partial charge in [0.05, 0.1) is 5.69 Å². The first-order chi connectivity index (χ1) is 11.1. The third-order valence-corrected chi connectivity index (χ3v) is 2.68. The number of nitriles is 1. The Morgan fingerprint density at radius 3 is 2.70 bits per heavy atom. The van der Waals surface area contributed by atoms with E-state index < -0.39 is 5.84 Å². The lowest BCUT2D eigenvalue weighted by molar-refractivity contribution is 0.102. The van der Waals surface area contributed by atoms with Gasteiger partial charge in [-0.3, -0.25) is 20.6 Å². The minimum absolute atomic E-state index is 0.229. The lowest BCUT2D eigenvalue weighted by atomic mass is 10.2. The number of amidine groups is 1. The zero-order valence-corrected chi connectivity index (χ0v) is 11.9. The van der Waals surface area contributed by atoms with Gasteiger partial charge in [-0.15, -0.1) is 0 Å². The molecule has 0 saturated carbocycles. The van der Waals surface area contributed by atoms with E-state index in [1.54, 1.807) is 48.5 Å². The number of benzene rings is 1. The van der Waals surface area contributed by atoms with E-state index in [1.807, 2.05) is 0 Å². The molecule has 0 aliphatic carbocycles. The smallest absolute Gasteiger partial charge is 0.274 e.